The molecule has 2 rings (SSSR count). The average Bonchev–Trinajstić information content (AvgIpc) is 3.21. The number of hydrogen-bond acceptors (Lipinski definition) is 2. The highest BCUT2D eigenvalue weighted by Crippen LogP contribution is 2.34. The van der Waals surface area contributed by atoms with Crippen LogP contribution < -0.4 is 5.73 Å². The summed E-state index contributed by atoms with van der Waals surface area (Å²) in [4.78, 5) is 14.6. The molecule has 3 heteroatoms. The van der Waals surface area contributed by atoms with E-state index < -0.39 is 0 Å². The Labute approximate surface area is 117 Å². The molecule has 2 aliphatic rings. The van der Waals surface area contributed by atoms with E-state index in [0.717, 1.165) is 31.3 Å². The van der Waals surface area contributed by atoms with Gasteiger partial charge in [-0.3, -0.25) is 4.79 Å². The summed E-state index contributed by atoms with van der Waals surface area (Å²) >= 11 is 0. The first-order chi connectivity index (χ1) is 9.08. The van der Waals surface area contributed by atoms with E-state index in [9.17, 15) is 4.79 Å². The van der Waals surface area contributed by atoms with Gasteiger partial charge in [-0.15, -0.1) is 0 Å². The molecule has 1 unspecified atom stereocenters. The molecule has 0 spiro atoms. The number of rotatable bonds is 9. The van der Waals surface area contributed by atoms with Gasteiger partial charge in [0.1, 0.15) is 0 Å². The second-order valence-corrected chi connectivity index (χ2v) is 7.12. The van der Waals surface area contributed by atoms with Gasteiger partial charge in [0.15, 0.2) is 0 Å². The summed E-state index contributed by atoms with van der Waals surface area (Å²) in [6, 6.07) is 0. The molecule has 2 N–H and O–H groups in total. The number of nitrogens with zero attached hydrogens (tertiary/aromatic N) is 1. The number of carbonyl (C=O) groups is 1. The SMILES string of the molecule is CC(C)CC(CN)CC(=O)N(CC1CC1)CC1CC1. The van der Waals surface area contributed by atoms with Crippen LogP contribution in [0.2, 0.25) is 0 Å². The zero-order valence-electron chi connectivity index (χ0n) is 12.6. The van der Waals surface area contributed by atoms with Crippen molar-refractivity contribution in [1.82, 2.24) is 4.90 Å². The fraction of sp³-hybridized carbons (Fsp3) is 0.938. The molecular weight excluding hydrogens is 236 g/mol. The monoisotopic (exact) mass is 266 g/mol. The third-order valence-corrected chi connectivity index (χ3v) is 4.31. The Morgan fingerprint density at radius 3 is 2.05 bits per heavy atom. The molecule has 0 bridgehead atoms. The zero-order valence-corrected chi connectivity index (χ0v) is 12.6. The van der Waals surface area contributed by atoms with Crippen LogP contribution >= 0.6 is 0 Å². The Morgan fingerprint density at radius 2 is 1.68 bits per heavy atom. The third-order valence-electron chi connectivity index (χ3n) is 4.31. The Balaban J connectivity index is 1.81. The van der Waals surface area contributed by atoms with Crippen molar-refractivity contribution in [2.45, 2.75) is 52.4 Å². The van der Waals surface area contributed by atoms with Gasteiger partial charge >= 0.3 is 0 Å². The molecular formula is C16H30N2O. The summed E-state index contributed by atoms with van der Waals surface area (Å²) in [6.07, 6.45) is 7.01. The predicted molar refractivity (Wildman–Crippen MR) is 78.6 cm³/mol. The molecule has 0 aromatic heterocycles. The largest absolute Gasteiger partial charge is 0.342 e. The van der Waals surface area contributed by atoms with Crippen LogP contribution in [0.1, 0.15) is 52.4 Å². The molecule has 2 saturated carbocycles. The van der Waals surface area contributed by atoms with Crippen molar-refractivity contribution in [2.75, 3.05) is 19.6 Å². The molecule has 19 heavy (non-hydrogen) atoms. The van der Waals surface area contributed by atoms with Gasteiger partial charge in [-0.25, -0.2) is 0 Å². The van der Waals surface area contributed by atoms with E-state index in [4.69, 9.17) is 5.73 Å². The van der Waals surface area contributed by atoms with Crippen LogP contribution in [-0.2, 0) is 4.79 Å². The van der Waals surface area contributed by atoms with Crippen LogP contribution in [0.15, 0.2) is 0 Å². The highest BCUT2D eigenvalue weighted by molar-refractivity contribution is 5.76. The van der Waals surface area contributed by atoms with Gasteiger partial charge in [-0.1, -0.05) is 13.8 Å². The lowest BCUT2D eigenvalue weighted by Gasteiger charge is -2.25. The third kappa shape index (κ3) is 5.52. The topological polar surface area (TPSA) is 46.3 Å². The number of carbonyl (C=O) groups excluding carboxylic acids is 1. The Hall–Kier alpha value is -0.570. The maximum atomic E-state index is 12.5. The Morgan fingerprint density at radius 1 is 1.16 bits per heavy atom. The maximum Gasteiger partial charge on any atom is 0.222 e. The van der Waals surface area contributed by atoms with Crippen LogP contribution in [0.5, 0.6) is 0 Å². The van der Waals surface area contributed by atoms with Crippen LogP contribution in [-0.4, -0.2) is 30.4 Å². The van der Waals surface area contributed by atoms with Gasteiger partial charge in [0.05, 0.1) is 0 Å². The van der Waals surface area contributed by atoms with Crippen molar-refractivity contribution in [3.05, 3.63) is 0 Å². The molecule has 0 aromatic carbocycles. The average molecular weight is 266 g/mol. The number of hydrogen-bond donors (Lipinski definition) is 1. The summed E-state index contributed by atoms with van der Waals surface area (Å²) < 4.78 is 0. The lowest BCUT2D eigenvalue weighted by Crippen LogP contribution is -2.37. The van der Waals surface area contributed by atoms with Gasteiger partial charge in [0, 0.05) is 19.5 Å². The Bertz CT molecular complexity index is 281. The summed E-state index contributed by atoms with van der Waals surface area (Å²) in [5.74, 6) is 2.94. The normalized spacial score (nSPS) is 20.6. The lowest BCUT2D eigenvalue weighted by molar-refractivity contribution is -0.132. The van der Waals surface area contributed by atoms with E-state index in [1.807, 2.05) is 0 Å². The van der Waals surface area contributed by atoms with E-state index in [2.05, 4.69) is 18.7 Å². The molecule has 0 saturated heterocycles. The smallest absolute Gasteiger partial charge is 0.222 e. The van der Waals surface area contributed by atoms with Gasteiger partial charge in [-0.2, -0.15) is 0 Å². The van der Waals surface area contributed by atoms with Crippen molar-refractivity contribution in [3.63, 3.8) is 0 Å². The van der Waals surface area contributed by atoms with E-state index in [0.29, 0.717) is 30.7 Å². The fourth-order valence-corrected chi connectivity index (χ4v) is 2.81. The van der Waals surface area contributed by atoms with Crippen LogP contribution in [0, 0.1) is 23.7 Å². The van der Waals surface area contributed by atoms with Crippen molar-refractivity contribution in [2.24, 2.45) is 29.4 Å². The molecule has 0 radical (unpaired) electrons. The van der Waals surface area contributed by atoms with E-state index in [1.165, 1.54) is 25.7 Å². The molecule has 2 fully saturated rings. The summed E-state index contributed by atoms with van der Waals surface area (Å²) in [7, 11) is 0. The van der Waals surface area contributed by atoms with E-state index >= 15 is 0 Å². The van der Waals surface area contributed by atoms with E-state index in [1.54, 1.807) is 0 Å². The second kappa shape index (κ2) is 6.74. The quantitative estimate of drug-likeness (QED) is 0.697. The van der Waals surface area contributed by atoms with Crippen LogP contribution in [0.4, 0.5) is 0 Å². The first-order valence-electron chi connectivity index (χ1n) is 8.06. The predicted octanol–water partition coefficient (Wildman–Crippen LogP) is 2.65. The highest BCUT2D eigenvalue weighted by Gasteiger charge is 2.32. The minimum Gasteiger partial charge on any atom is -0.342 e. The molecule has 1 atom stereocenters. The maximum absolute atomic E-state index is 12.5. The molecule has 1 amide bonds. The number of amides is 1. The minimum atomic E-state index is 0.356. The fourth-order valence-electron chi connectivity index (χ4n) is 2.81. The van der Waals surface area contributed by atoms with Crippen molar-refractivity contribution in [1.29, 1.82) is 0 Å². The number of nitrogens with two attached hydrogens (primary N) is 1. The minimum absolute atomic E-state index is 0.356. The van der Waals surface area contributed by atoms with Crippen molar-refractivity contribution >= 4 is 5.91 Å². The van der Waals surface area contributed by atoms with E-state index in [-0.39, 0.29) is 0 Å². The van der Waals surface area contributed by atoms with Crippen molar-refractivity contribution < 1.29 is 4.79 Å². The van der Waals surface area contributed by atoms with Gasteiger partial charge in [0.25, 0.3) is 0 Å². The summed E-state index contributed by atoms with van der Waals surface area (Å²) in [6.45, 7) is 7.08. The molecule has 0 heterocycles. The molecule has 0 aromatic rings. The lowest BCUT2D eigenvalue weighted by atomic mass is 9.93. The summed E-state index contributed by atoms with van der Waals surface area (Å²) in [5.41, 5.74) is 5.83. The first kappa shape index (κ1) is 14.8. The molecule has 110 valence electrons. The van der Waals surface area contributed by atoms with Crippen LogP contribution in [0.25, 0.3) is 0 Å². The second-order valence-electron chi connectivity index (χ2n) is 7.12. The Kier molecular flexibility index (Phi) is 5.26. The first-order valence-corrected chi connectivity index (χ1v) is 8.06. The zero-order chi connectivity index (χ0) is 13.8. The van der Waals surface area contributed by atoms with Gasteiger partial charge in [0.2, 0.25) is 5.91 Å². The molecule has 0 aliphatic heterocycles. The summed E-state index contributed by atoms with van der Waals surface area (Å²) in [5, 5.41) is 0. The molecule has 2 aliphatic carbocycles. The standard InChI is InChI=1S/C16H30N2O/c1-12(2)7-15(9-17)8-16(19)18(10-13-3-4-13)11-14-5-6-14/h12-15H,3-11,17H2,1-2H3. The molecule has 3 nitrogen and oxygen atoms in total. The van der Waals surface area contributed by atoms with Gasteiger partial charge in [-0.05, 0) is 62.3 Å². The van der Waals surface area contributed by atoms with Crippen molar-refractivity contribution in [3.8, 4) is 0 Å². The van der Waals surface area contributed by atoms with Gasteiger partial charge < -0.3 is 10.6 Å². The van der Waals surface area contributed by atoms with Crippen LogP contribution in [0.3, 0.4) is 0 Å². The highest BCUT2D eigenvalue weighted by atomic mass is 16.2.